The Morgan fingerprint density at radius 3 is 2.39 bits per heavy atom. The van der Waals surface area contributed by atoms with Crippen molar-refractivity contribution in [1.82, 2.24) is 0 Å². The molecule has 6 nitrogen and oxygen atoms in total. The van der Waals surface area contributed by atoms with Crippen LogP contribution in [0.1, 0.15) is 24.0 Å². The molecule has 0 fully saturated rings. The molecular formula is C16H20ClNO5. The molecular weight excluding hydrogens is 322 g/mol. The summed E-state index contributed by atoms with van der Waals surface area (Å²) in [6, 6.07) is 3.74. The van der Waals surface area contributed by atoms with E-state index in [2.05, 4.69) is 9.73 Å². The number of nitrogens with zero attached hydrogens (tertiary/aromatic N) is 1. The highest BCUT2D eigenvalue weighted by Crippen LogP contribution is 2.33. The molecule has 0 amide bonds. The highest BCUT2D eigenvalue weighted by Gasteiger charge is 2.21. The molecule has 1 aromatic carbocycles. The molecule has 0 saturated heterocycles. The number of esters is 1. The monoisotopic (exact) mass is 341 g/mol. The van der Waals surface area contributed by atoms with Gasteiger partial charge in [-0.1, -0.05) is 0 Å². The Morgan fingerprint density at radius 2 is 1.78 bits per heavy atom. The average molecular weight is 342 g/mol. The van der Waals surface area contributed by atoms with E-state index in [4.69, 9.17) is 9.47 Å². The zero-order valence-electron chi connectivity index (χ0n) is 13.4. The van der Waals surface area contributed by atoms with Gasteiger partial charge in [-0.15, -0.1) is 12.4 Å². The number of halogens is 1. The summed E-state index contributed by atoms with van der Waals surface area (Å²) in [5.74, 6) is 0.502. The van der Waals surface area contributed by atoms with Crippen LogP contribution in [-0.2, 0) is 20.7 Å². The number of hydrogen-bond donors (Lipinski definition) is 0. The van der Waals surface area contributed by atoms with Crippen LogP contribution in [0.2, 0.25) is 0 Å². The fourth-order valence-electron chi connectivity index (χ4n) is 2.43. The van der Waals surface area contributed by atoms with E-state index in [1.807, 2.05) is 12.1 Å². The average Bonchev–Trinajstić information content (AvgIpc) is 2.53. The summed E-state index contributed by atoms with van der Waals surface area (Å²) >= 11 is 0. The first-order valence-electron chi connectivity index (χ1n) is 6.96. The third kappa shape index (κ3) is 4.45. The molecule has 1 heterocycles. The third-order valence-electron chi connectivity index (χ3n) is 3.54. The second-order valence-corrected chi connectivity index (χ2v) is 4.91. The smallest absolute Gasteiger partial charge is 0.313 e. The van der Waals surface area contributed by atoms with Gasteiger partial charge in [0.2, 0.25) is 0 Å². The molecule has 7 heteroatoms. The summed E-state index contributed by atoms with van der Waals surface area (Å²) in [4.78, 5) is 27.5. The van der Waals surface area contributed by atoms with E-state index in [0.717, 1.165) is 17.5 Å². The first kappa shape index (κ1) is 19.0. The molecule has 0 spiro atoms. The predicted molar refractivity (Wildman–Crippen MR) is 88.2 cm³/mol. The minimum absolute atomic E-state index is 0. The van der Waals surface area contributed by atoms with Crippen LogP contribution in [-0.4, -0.2) is 45.3 Å². The maximum Gasteiger partial charge on any atom is 0.313 e. The second kappa shape index (κ2) is 8.53. The lowest BCUT2D eigenvalue weighted by molar-refractivity contribution is -0.143. The zero-order chi connectivity index (χ0) is 16.1. The van der Waals surface area contributed by atoms with Crippen LogP contribution in [0.4, 0.5) is 0 Å². The van der Waals surface area contributed by atoms with Crippen LogP contribution in [0.5, 0.6) is 11.5 Å². The second-order valence-electron chi connectivity index (χ2n) is 4.91. The van der Waals surface area contributed by atoms with E-state index in [1.165, 1.54) is 7.11 Å². The number of carbonyl (C=O) groups excluding carboxylic acids is 2. The SMILES string of the molecule is COC(=O)CC(=O)CC1=NCCc2cc(OC)c(OC)cc21.Cl. The molecule has 23 heavy (non-hydrogen) atoms. The largest absolute Gasteiger partial charge is 0.493 e. The fraction of sp³-hybridized carbons (Fsp3) is 0.438. The normalized spacial score (nSPS) is 12.4. The fourth-order valence-corrected chi connectivity index (χ4v) is 2.43. The maximum absolute atomic E-state index is 11.9. The van der Waals surface area contributed by atoms with E-state index in [-0.39, 0.29) is 31.0 Å². The lowest BCUT2D eigenvalue weighted by atomic mass is 9.93. The zero-order valence-corrected chi connectivity index (χ0v) is 14.2. The number of ketones is 1. The van der Waals surface area contributed by atoms with Gasteiger partial charge in [0.1, 0.15) is 12.2 Å². The molecule has 0 N–H and O–H groups in total. The van der Waals surface area contributed by atoms with Crippen LogP contribution in [0.15, 0.2) is 17.1 Å². The quantitative estimate of drug-likeness (QED) is 0.584. The van der Waals surface area contributed by atoms with Crippen LogP contribution in [0, 0.1) is 0 Å². The Kier molecular flexibility index (Phi) is 7.03. The molecule has 126 valence electrons. The Labute approximate surface area is 141 Å². The third-order valence-corrected chi connectivity index (χ3v) is 3.54. The summed E-state index contributed by atoms with van der Waals surface area (Å²) in [6.07, 6.45) is 0.653. The van der Waals surface area contributed by atoms with Crippen LogP contribution >= 0.6 is 12.4 Å². The lowest BCUT2D eigenvalue weighted by Crippen LogP contribution is -2.19. The number of Topliss-reactive ketones (excluding diaryl/α,β-unsaturated/α-hetero) is 1. The molecule has 0 bridgehead atoms. The van der Waals surface area contributed by atoms with Crippen molar-refractivity contribution in [2.45, 2.75) is 19.3 Å². The molecule has 2 rings (SSSR count). The molecule has 1 aliphatic rings. The lowest BCUT2D eigenvalue weighted by Gasteiger charge is -2.19. The summed E-state index contributed by atoms with van der Waals surface area (Å²) in [5.41, 5.74) is 2.62. The highest BCUT2D eigenvalue weighted by molar-refractivity contribution is 6.15. The number of rotatable bonds is 6. The van der Waals surface area contributed by atoms with Crippen molar-refractivity contribution in [2.24, 2.45) is 4.99 Å². The summed E-state index contributed by atoms with van der Waals surface area (Å²) in [5, 5.41) is 0. The minimum atomic E-state index is -0.533. The van der Waals surface area contributed by atoms with Crippen molar-refractivity contribution < 1.29 is 23.8 Å². The molecule has 1 aliphatic heterocycles. The van der Waals surface area contributed by atoms with Gasteiger partial charge < -0.3 is 14.2 Å². The molecule has 0 aromatic heterocycles. The van der Waals surface area contributed by atoms with Crippen molar-refractivity contribution in [1.29, 1.82) is 0 Å². The van der Waals surface area contributed by atoms with Crippen LogP contribution < -0.4 is 9.47 Å². The van der Waals surface area contributed by atoms with Gasteiger partial charge in [-0.25, -0.2) is 0 Å². The van der Waals surface area contributed by atoms with Crippen molar-refractivity contribution in [3.63, 3.8) is 0 Å². The Morgan fingerprint density at radius 1 is 1.13 bits per heavy atom. The summed E-state index contributed by atoms with van der Waals surface area (Å²) < 4.78 is 15.1. The Bertz CT molecular complexity index is 627. The van der Waals surface area contributed by atoms with E-state index < -0.39 is 5.97 Å². The molecule has 0 aliphatic carbocycles. The van der Waals surface area contributed by atoms with Crippen molar-refractivity contribution in [3.8, 4) is 11.5 Å². The van der Waals surface area contributed by atoms with Crippen molar-refractivity contribution >= 4 is 29.9 Å². The summed E-state index contributed by atoms with van der Waals surface area (Å²) in [6.45, 7) is 0.614. The van der Waals surface area contributed by atoms with E-state index in [9.17, 15) is 9.59 Å². The standard InChI is InChI=1S/C16H19NO5.ClH/c1-20-14-6-10-4-5-17-13(12(10)9-15(14)21-2)7-11(18)8-16(19)22-3;/h6,9H,4-5,7-8H2,1-3H3;1H. The van der Waals surface area contributed by atoms with Crippen LogP contribution in [0.3, 0.4) is 0 Å². The van der Waals surface area contributed by atoms with Gasteiger partial charge in [0.15, 0.2) is 11.5 Å². The van der Waals surface area contributed by atoms with E-state index >= 15 is 0 Å². The van der Waals surface area contributed by atoms with Crippen molar-refractivity contribution in [3.05, 3.63) is 23.3 Å². The van der Waals surface area contributed by atoms with Gasteiger partial charge >= 0.3 is 5.97 Å². The van der Waals surface area contributed by atoms with Crippen molar-refractivity contribution in [2.75, 3.05) is 27.9 Å². The van der Waals surface area contributed by atoms with Crippen LogP contribution in [0.25, 0.3) is 0 Å². The van der Waals surface area contributed by atoms with Gasteiger partial charge in [0.25, 0.3) is 0 Å². The molecule has 0 atom stereocenters. The highest BCUT2D eigenvalue weighted by atomic mass is 35.5. The van der Waals surface area contributed by atoms with Gasteiger partial charge in [-0.05, 0) is 24.1 Å². The number of hydrogen-bond acceptors (Lipinski definition) is 6. The number of fused-ring (bicyclic) bond motifs is 1. The maximum atomic E-state index is 11.9. The number of ether oxygens (including phenoxy) is 3. The topological polar surface area (TPSA) is 74.2 Å². The molecule has 0 radical (unpaired) electrons. The first-order valence-corrected chi connectivity index (χ1v) is 6.96. The number of aliphatic imine (C=N–C) groups is 1. The number of carbonyl (C=O) groups is 2. The van der Waals surface area contributed by atoms with Gasteiger partial charge in [0.05, 0.1) is 21.3 Å². The first-order chi connectivity index (χ1) is 10.6. The van der Waals surface area contributed by atoms with Gasteiger partial charge in [0, 0.05) is 24.2 Å². The Hall–Kier alpha value is -2.08. The van der Waals surface area contributed by atoms with E-state index in [1.54, 1.807) is 14.2 Å². The summed E-state index contributed by atoms with van der Waals surface area (Å²) in [7, 11) is 4.41. The molecule has 1 aromatic rings. The number of benzene rings is 1. The number of methoxy groups -OCH3 is 3. The predicted octanol–water partition coefficient (Wildman–Crippen LogP) is 1.99. The van der Waals surface area contributed by atoms with E-state index in [0.29, 0.717) is 23.8 Å². The van der Waals surface area contributed by atoms with Gasteiger partial charge in [-0.2, -0.15) is 0 Å². The molecule has 0 saturated carbocycles. The minimum Gasteiger partial charge on any atom is -0.493 e. The Balaban J connectivity index is 0.00000264. The van der Waals surface area contributed by atoms with Gasteiger partial charge in [-0.3, -0.25) is 14.6 Å². The molecule has 0 unspecified atom stereocenters.